The molecule has 4 aliphatic rings. The third kappa shape index (κ3) is 10.8. The monoisotopic (exact) mass is 953 g/mol. The average molecular weight is 954 g/mol. The predicted molar refractivity (Wildman–Crippen MR) is 253 cm³/mol. The van der Waals surface area contributed by atoms with Crippen LogP contribution < -0.4 is 30.7 Å². The minimum atomic E-state index is -3.74. The molecule has 0 spiro atoms. The second kappa shape index (κ2) is 19.8. The molecule has 5 heterocycles. The van der Waals surface area contributed by atoms with Crippen LogP contribution in [0.2, 0.25) is 0 Å². The molecule has 20 heteroatoms. The number of nitrogens with one attached hydrogen (secondary N) is 4. The highest BCUT2D eigenvalue weighted by molar-refractivity contribution is 7.87. The van der Waals surface area contributed by atoms with Gasteiger partial charge in [0.2, 0.25) is 11.8 Å². The molecule has 3 saturated heterocycles. The molecule has 7 rings (SSSR count). The van der Waals surface area contributed by atoms with E-state index in [0.717, 1.165) is 30.8 Å². The van der Waals surface area contributed by atoms with Gasteiger partial charge in [-0.3, -0.25) is 9.59 Å². The van der Waals surface area contributed by atoms with Crippen molar-refractivity contribution in [2.75, 3.05) is 38.6 Å². The van der Waals surface area contributed by atoms with Gasteiger partial charge in [0.05, 0.1) is 24.9 Å². The summed E-state index contributed by atoms with van der Waals surface area (Å²) in [7, 11) is -2.17. The molecule has 66 heavy (non-hydrogen) atoms. The smallest absolute Gasteiger partial charge is 0.329 e. The number of amides is 4. The number of rotatable bonds is 12. The van der Waals surface area contributed by atoms with Crippen LogP contribution in [-0.2, 0) is 24.6 Å². The standard InChI is InChI=1S/C46H67N9O9S2/c1-27(2)47-44-50-36(26-65-44)35-22-38(32-17-16-30(63-8)20-34(32)48-35)64-31-21-37-40(56)52-46(42(58)59)23-29(46)14-12-10-9-11-13-15-33(41(57)54(37)24-31)49-43(60)51-39(45(5,6)7)25-53-18-19-55(28(3)4)66(53,61)62/h16-17,20,22,26-29,31,33,37,39H,9-15,18-19,21,23-25H2,1-8H3,(H,47,50)(H,52,56)(H,58,59)(H2,49,51,60)/t29?,31-,33+,37+,39?,46-/m1/s1. The number of benzene rings is 1. The molecule has 5 N–H and O–H groups in total. The Morgan fingerprint density at radius 3 is 2.41 bits per heavy atom. The van der Waals surface area contributed by atoms with Gasteiger partial charge in [-0.15, -0.1) is 11.3 Å². The minimum Gasteiger partial charge on any atom is -0.497 e. The van der Waals surface area contributed by atoms with Gasteiger partial charge >= 0.3 is 12.0 Å². The van der Waals surface area contributed by atoms with Gasteiger partial charge < -0.3 is 40.7 Å². The van der Waals surface area contributed by atoms with E-state index in [1.54, 1.807) is 25.3 Å². The quantitative estimate of drug-likeness (QED) is 0.150. The fraction of sp³-hybridized carbons (Fsp3) is 0.652. The van der Waals surface area contributed by atoms with Crippen LogP contribution in [0.4, 0.5) is 9.93 Å². The molecule has 2 unspecified atom stereocenters. The number of carbonyl (C=O) groups is 4. The first-order valence-electron chi connectivity index (χ1n) is 23.3. The molecule has 3 aliphatic heterocycles. The number of urea groups is 1. The fourth-order valence-corrected chi connectivity index (χ4v) is 12.0. The minimum absolute atomic E-state index is 0.0293. The van der Waals surface area contributed by atoms with Gasteiger partial charge in [0.1, 0.15) is 40.9 Å². The number of hydrogen-bond acceptors (Lipinski definition) is 12. The largest absolute Gasteiger partial charge is 0.497 e. The second-order valence-corrected chi connectivity index (χ2v) is 22.6. The number of carbonyl (C=O) groups excluding carboxylic acids is 3. The number of anilines is 1. The highest BCUT2D eigenvalue weighted by Gasteiger charge is 2.62. The van der Waals surface area contributed by atoms with Crippen molar-refractivity contribution < 1.29 is 42.2 Å². The molecule has 6 atom stereocenters. The van der Waals surface area contributed by atoms with E-state index in [2.05, 4.69) is 21.3 Å². The number of hydrogen-bond donors (Lipinski definition) is 5. The number of carboxylic acid groups (broad SMARTS) is 1. The maximum atomic E-state index is 15.0. The number of carboxylic acids is 1. The van der Waals surface area contributed by atoms with E-state index in [9.17, 15) is 32.7 Å². The number of pyridine rings is 1. The molecule has 1 saturated carbocycles. The van der Waals surface area contributed by atoms with Crippen LogP contribution >= 0.6 is 11.3 Å². The molecule has 3 aromatic rings. The van der Waals surface area contributed by atoms with Gasteiger partial charge in [-0.1, -0.05) is 52.9 Å². The van der Waals surface area contributed by atoms with Crippen LogP contribution in [0.3, 0.4) is 0 Å². The zero-order valence-corrected chi connectivity index (χ0v) is 41.0. The Morgan fingerprint density at radius 2 is 1.74 bits per heavy atom. The summed E-state index contributed by atoms with van der Waals surface area (Å²) in [6.45, 7) is 14.1. The summed E-state index contributed by atoms with van der Waals surface area (Å²) in [5.74, 6) is -1.37. The van der Waals surface area contributed by atoms with Gasteiger partial charge in [0.15, 0.2) is 5.13 Å². The molecule has 0 radical (unpaired) electrons. The highest BCUT2D eigenvalue weighted by Crippen LogP contribution is 2.48. The number of methoxy groups -OCH3 is 1. The normalized spacial score (nSPS) is 25.9. The van der Waals surface area contributed by atoms with Crippen molar-refractivity contribution in [1.29, 1.82) is 0 Å². The van der Waals surface area contributed by atoms with Crippen LogP contribution in [0.5, 0.6) is 11.5 Å². The van der Waals surface area contributed by atoms with E-state index < -0.39 is 69.2 Å². The van der Waals surface area contributed by atoms with Gasteiger partial charge in [-0.2, -0.15) is 17.0 Å². The van der Waals surface area contributed by atoms with Crippen molar-refractivity contribution in [3.05, 3.63) is 29.6 Å². The lowest BCUT2D eigenvalue weighted by atomic mass is 9.86. The molecule has 4 fully saturated rings. The highest BCUT2D eigenvalue weighted by atomic mass is 32.2. The number of fused-ring (bicyclic) bond motifs is 3. The number of nitrogens with zero attached hydrogens (tertiary/aromatic N) is 5. The molecule has 2 aromatic heterocycles. The molecule has 4 amide bonds. The molecular weight excluding hydrogens is 887 g/mol. The average Bonchev–Trinajstić information content (AvgIpc) is 3.50. The van der Waals surface area contributed by atoms with Crippen LogP contribution in [0.15, 0.2) is 29.6 Å². The van der Waals surface area contributed by atoms with Crippen molar-refractivity contribution in [1.82, 2.24) is 39.4 Å². The summed E-state index contributed by atoms with van der Waals surface area (Å²) in [6.07, 6.45) is 4.53. The lowest BCUT2D eigenvalue weighted by Gasteiger charge is -2.35. The maximum absolute atomic E-state index is 15.0. The first kappa shape index (κ1) is 49.1. The van der Waals surface area contributed by atoms with Crippen LogP contribution in [0.25, 0.3) is 22.3 Å². The van der Waals surface area contributed by atoms with Gasteiger partial charge in [-0.05, 0) is 70.4 Å². The zero-order valence-electron chi connectivity index (χ0n) is 39.4. The molecular formula is C46H67N9O9S2. The van der Waals surface area contributed by atoms with E-state index in [1.165, 1.54) is 24.8 Å². The summed E-state index contributed by atoms with van der Waals surface area (Å²) in [5, 5.41) is 25.9. The Labute approximate surface area is 392 Å². The Hall–Kier alpha value is -4.79. The van der Waals surface area contributed by atoms with Crippen molar-refractivity contribution in [2.24, 2.45) is 11.3 Å². The zero-order chi connectivity index (χ0) is 47.7. The van der Waals surface area contributed by atoms with E-state index in [1.807, 2.05) is 59.9 Å². The van der Waals surface area contributed by atoms with E-state index in [-0.39, 0.29) is 50.5 Å². The van der Waals surface area contributed by atoms with Crippen molar-refractivity contribution in [3.8, 4) is 22.9 Å². The molecule has 0 bridgehead atoms. The molecule has 1 aliphatic carbocycles. The third-order valence-electron chi connectivity index (χ3n) is 13.3. The van der Waals surface area contributed by atoms with Crippen LogP contribution in [0, 0.1) is 11.3 Å². The summed E-state index contributed by atoms with van der Waals surface area (Å²) in [6, 6.07) is 3.76. The van der Waals surface area contributed by atoms with Crippen molar-refractivity contribution in [2.45, 2.75) is 148 Å². The van der Waals surface area contributed by atoms with Gasteiger partial charge in [0.25, 0.3) is 10.2 Å². The Kier molecular flexibility index (Phi) is 14.7. The number of aromatic nitrogens is 2. The lowest BCUT2D eigenvalue weighted by Crippen LogP contribution is -2.59. The second-order valence-electron chi connectivity index (χ2n) is 19.9. The van der Waals surface area contributed by atoms with Crippen molar-refractivity contribution >= 4 is 61.4 Å². The number of aliphatic carboxylic acids is 1. The Bertz CT molecular complexity index is 2390. The van der Waals surface area contributed by atoms with Crippen molar-refractivity contribution in [3.63, 3.8) is 0 Å². The third-order valence-corrected chi connectivity index (χ3v) is 16.2. The first-order chi connectivity index (χ1) is 31.2. The SMILES string of the molecule is COc1ccc2c(O[C@@H]3C[C@H]4C(=O)N[C@]5(C(=O)O)CC5CCCCCCC[C@H](NC(=O)NC(CN5CCN(C(C)C)S5(=O)=O)C(C)(C)C)C(=O)N4C3)cc(-c3csc(NC(C)C)n3)nc2c1. The summed E-state index contributed by atoms with van der Waals surface area (Å²) < 4.78 is 42.0. The van der Waals surface area contributed by atoms with Crippen LogP contribution in [0.1, 0.15) is 106 Å². The number of ether oxygens (including phenoxy) is 2. The Balaban J connectivity index is 1.18. The summed E-state index contributed by atoms with van der Waals surface area (Å²) >= 11 is 1.45. The fourth-order valence-electron chi connectivity index (χ4n) is 9.37. The Morgan fingerprint density at radius 1 is 1.02 bits per heavy atom. The van der Waals surface area contributed by atoms with Crippen LogP contribution in [-0.4, -0.2) is 136 Å². The van der Waals surface area contributed by atoms with Gasteiger partial charge in [0, 0.05) is 67.1 Å². The first-order valence-corrected chi connectivity index (χ1v) is 25.6. The topological polar surface area (TPSA) is 225 Å². The maximum Gasteiger partial charge on any atom is 0.329 e. The van der Waals surface area contributed by atoms with E-state index in [0.29, 0.717) is 59.6 Å². The summed E-state index contributed by atoms with van der Waals surface area (Å²) in [5.41, 5.74) is -0.230. The molecule has 18 nitrogen and oxygen atoms in total. The van der Waals surface area contributed by atoms with E-state index in [4.69, 9.17) is 19.4 Å². The lowest BCUT2D eigenvalue weighted by molar-refractivity contribution is -0.145. The van der Waals surface area contributed by atoms with E-state index >= 15 is 0 Å². The molecule has 1 aromatic carbocycles. The molecule has 362 valence electrons. The summed E-state index contributed by atoms with van der Waals surface area (Å²) in [4.78, 5) is 67.4. The number of thiazole rings is 1. The predicted octanol–water partition coefficient (Wildman–Crippen LogP) is 5.59. The van der Waals surface area contributed by atoms with Gasteiger partial charge in [-0.25, -0.2) is 19.6 Å².